The summed E-state index contributed by atoms with van der Waals surface area (Å²) >= 11 is 2.07. The van der Waals surface area contributed by atoms with Gasteiger partial charge in [0.15, 0.2) is 0 Å². The summed E-state index contributed by atoms with van der Waals surface area (Å²) in [6.45, 7) is 4.50. The Bertz CT molecular complexity index is 235. The van der Waals surface area contributed by atoms with Gasteiger partial charge in [0.2, 0.25) is 0 Å². The van der Waals surface area contributed by atoms with Crippen LogP contribution in [-0.2, 0) is 4.79 Å². The highest BCUT2D eigenvalue weighted by Crippen LogP contribution is 2.16. The van der Waals surface area contributed by atoms with Crippen LogP contribution in [-0.4, -0.2) is 41.8 Å². The highest BCUT2D eigenvalue weighted by molar-refractivity contribution is 7.99. The Morgan fingerprint density at radius 2 is 1.75 bits per heavy atom. The van der Waals surface area contributed by atoms with E-state index in [9.17, 15) is 4.79 Å². The number of thioether (sulfide) groups is 1. The summed E-state index contributed by atoms with van der Waals surface area (Å²) in [7, 11) is 0. The van der Waals surface area contributed by atoms with E-state index >= 15 is 0 Å². The van der Waals surface area contributed by atoms with Gasteiger partial charge >= 0.3 is 0 Å². The molecule has 0 amide bonds. The van der Waals surface area contributed by atoms with Gasteiger partial charge in [-0.25, -0.2) is 0 Å². The number of aldehydes is 1. The van der Waals surface area contributed by atoms with Gasteiger partial charge in [-0.1, -0.05) is 51.9 Å². The van der Waals surface area contributed by atoms with Gasteiger partial charge < -0.3 is 4.79 Å². The topological polar surface area (TPSA) is 20.3 Å². The van der Waals surface area contributed by atoms with Crippen LogP contribution in [0.3, 0.4) is 0 Å². The molecule has 1 aliphatic heterocycles. The predicted octanol–water partition coefficient (Wildman–Crippen LogP) is 4.52. The summed E-state index contributed by atoms with van der Waals surface area (Å²) in [5.74, 6) is 2.50. The highest BCUT2D eigenvalue weighted by Gasteiger charge is 2.22. The molecule has 118 valence electrons. The minimum absolute atomic E-state index is 0.221. The number of hydrogen-bond acceptors (Lipinski definition) is 3. The van der Waals surface area contributed by atoms with Crippen molar-refractivity contribution >= 4 is 18.0 Å². The molecule has 0 saturated carbocycles. The second-order valence-corrected chi connectivity index (χ2v) is 7.19. The van der Waals surface area contributed by atoms with Crippen molar-refractivity contribution in [3.63, 3.8) is 0 Å². The van der Waals surface area contributed by atoms with Crippen LogP contribution in [0.25, 0.3) is 0 Å². The van der Waals surface area contributed by atoms with Crippen LogP contribution in [0.15, 0.2) is 0 Å². The number of unbranched alkanes of at least 4 members (excludes halogenated alkanes) is 7. The van der Waals surface area contributed by atoms with Gasteiger partial charge in [0, 0.05) is 12.3 Å². The van der Waals surface area contributed by atoms with Crippen LogP contribution in [0, 0.1) is 0 Å². The van der Waals surface area contributed by atoms with E-state index in [4.69, 9.17) is 0 Å². The minimum Gasteiger partial charge on any atom is -0.302 e. The first-order valence-corrected chi connectivity index (χ1v) is 9.81. The Hall–Kier alpha value is -0.0200. The summed E-state index contributed by atoms with van der Waals surface area (Å²) in [6.07, 6.45) is 14.7. The number of nitrogens with zero attached hydrogens (tertiary/aromatic N) is 1. The van der Waals surface area contributed by atoms with E-state index in [0.717, 1.165) is 25.8 Å². The van der Waals surface area contributed by atoms with Crippen LogP contribution in [0.4, 0.5) is 0 Å². The maximum Gasteiger partial charge on any atom is 0.137 e. The number of carbonyl (C=O) groups excluding carboxylic acids is 1. The molecule has 0 aliphatic carbocycles. The SMILES string of the molecule is CCCCCCCCCCSCCN1CCCC1C=O. The Balaban J connectivity index is 1.79. The molecule has 1 heterocycles. The van der Waals surface area contributed by atoms with Crippen LogP contribution in [0.5, 0.6) is 0 Å². The van der Waals surface area contributed by atoms with Gasteiger partial charge in [-0.2, -0.15) is 11.8 Å². The molecule has 0 bridgehead atoms. The summed E-state index contributed by atoms with van der Waals surface area (Å²) in [5, 5.41) is 0. The van der Waals surface area contributed by atoms with Gasteiger partial charge in [-0.15, -0.1) is 0 Å². The zero-order chi connectivity index (χ0) is 14.5. The standard InChI is InChI=1S/C17H33NOS/c1-2-3-4-5-6-7-8-9-14-20-15-13-18-12-10-11-17(18)16-19/h16-17H,2-15H2,1H3. The molecule has 1 unspecified atom stereocenters. The Morgan fingerprint density at radius 3 is 2.45 bits per heavy atom. The van der Waals surface area contributed by atoms with Crippen molar-refractivity contribution in [1.82, 2.24) is 4.90 Å². The Morgan fingerprint density at radius 1 is 1.05 bits per heavy atom. The first-order valence-electron chi connectivity index (χ1n) is 8.65. The average molecular weight is 300 g/mol. The Kier molecular flexibility index (Phi) is 11.4. The van der Waals surface area contributed by atoms with Crippen LogP contribution in [0.2, 0.25) is 0 Å². The molecular weight excluding hydrogens is 266 g/mol. The van der Waals surface area contributed by atoms with Gasteiger partial charge in [0.25, 0.3) is 0 Å². The lowest BCUT2D eigenvalue weighted by Crippen LogP contribution is -2.32. The van der Waals surface area contributed by atoms with Crippen molar-refractivity contribution < 1.29 is 4.79 Å². The Labute approximate surface area is 130 Å². The largest absolute Gasteiger partial charge is 0.302 e. The van der Waals surface area contributed by atoms with Gasteiger partial charge in [0.05, 0.1) is 6.04 Å². The number of rotatable bonds is 13. The molecule has 0 aromatic rings. The van der Waals surface area contributed by atoms with Gasteiger partial charge in [-0.05, 0) is 31.6 Å². The number of carbonyl (C=O) groups is 1. The molecule has 0 aromatic carbocycles. The predicted molar refractivity (Wildman–Crippen MR) is 90.6 cm³/mol. The van der Waals surface area contributed by atoms with E-state index < -0.39 is 0 Å². The average Bonchev–Trinajstić information content (AvgIpc) is 2.92. The van der Waals surface area contributed by atoms with Crippen LogP contribution >= 0.6 is 11.8 Å². The molecule has 1 atom stereocenters. The molecule has 1 rings (SSSR count). The maximum atomic E-state index is 10.9. The quantitative estimate of drug-likeness (QED) is 0.368. The first-order chi connectivity index (χ1) is 9.88. The van der Waals surface area contributed by atoms with Crippen molar-refractivity contribution in [2.75, 3.05) is 24.6 Å². The highest BCUT2D eigenvalue weighted by atomic mass is 32.2. The van der Waals surface area contributed by atoms with E-state index in [-0.39, 0.29) is 6.04 Å². The van der Waals surface area contributed by atoms with Crippen molar-refractivity contribution in [2.24, 2.45) is 0 Å². The van der Waals surface area contributed by atoms with E-state index in [1.807, 2.05) is 0 Å². The number of likely N-dealkylation sites (tertiary alicyclic amines) is 1. The monoisotopic (exact) mass is 299 g/mol. The zero-order valence-corrected chi connectivity index (χ0v) is 14.1. The molecule has 1 saturated heterocycles. The molecule has 0 spiro atoms. The lowest BCUT2D eigenvalue weighted by atomic mass is 10.1. The third-order valence-corrected chi connectivity index (χ3v) is 5.28. The fraction of sp³-hybridized carbons (Fsp3) is 0.941. The molecule has 1 aliphatic rings. The van der Waals surface area contributed by atoms with E-state index in [2.05, 4.69) is 23.6 Å². The molecule has 1 fully saturated rings. The van der Waals surface area contributed by atoms with Crippen molar-refractivity contribution in [3.8, 4) is 0 Å². The zero-order valence-electron chi connectivity index (χ0n) is 13.3. The summed E-state index contributed by atoms with van der Waals surface area (Å²) in [5.41, 5.74) is 0. The lowest BCUT2D eigenvalue weighted by Gasteiger charge is -2.19. The van der Waals surface area contributed by atoms with E-state index in [0.29, 0.717) is 0 Å². The van der Waals surface area contributed by atoms with E-state index in [1.54, 1.807) is 0 Å². The normalized spacial score (nSPS) is 19.6. The molecular formula is C17H33NOS. The van der Waals surface area contributed by atoms with Crippen molar-refractivity contribution in [3.05, 3.63) is 0 Å². The third-order valence-electron chi connectivity index (χ3n) is 4.24. The lowest BCUT2D eigenvalue weighted by molar-refractivity contribution is -0.111. The smallest absolute Gasteiger partial charge is 0.137 e. The van der Waals surface area contributed by atoms with Crippen LogP contribution in [0.1, 0.15) is 71.1 Å². The van der Waals surface area contributed by atoms with E-state index in [1.165, 1.54) is 69.3 Å². The summed E-state index contributed by atoms with van der Waals surface area (Å²) < 4.78 is 0. The molecule has 20 heavy (non-hydrogen) atoms. The van der Waals surface area contributed by atoms with Crippen molar-refractivity contribution in [1.29, 1.82) is 0 Å². The number of hydrogen-bond donors (Lipinski definition) is 0. The van der Waals surface area contributed by atoms with Crippen molar-refractivity contribution in [2.45, 2.75) is 77.2 Å². The van der Waals surface area contributed by atoms with Gasteiger partial charge in [0.1, 0.15) is 6.29 Å². The second kappa shape index (κ2) is 12.7. The maximum absolute atomic E-state index is 10.9. The molecule has 0 aromatic heterocycles. The molecule has 2 nitrogen and oxygen atoms in total. The fourth-order valence-electron chi connectivity index (χ4n) is 2.91. The molecule has 0 N–H and O–H groups in total. The first kappa shape index (κ1) is 18.0. The molecule has 3 heteroatoms. The van der Waals surface area contributed by atoms with Crippen LogP contribution < -0.4 is 0 Å². The fourth-order valence-corrected chi connectivity index (χ4v) is 3.88. The summed E-state index contributed by atoms with van der Waals surface area (Å²) in [6, 6.07) is 0.221. The third kappa shape index (κ3) is 8.31. The second-order valence-electron chi connectivity index (χ2n) is 5.97. The summed E-state index contributed by atoms with van der Waals surface area (Å²) in [4.78, 5) is 13.2. The minimum atomic E-state index is 0.221. The van der Waals surface area contributed by atoms with Gasteiger partial charge in [-0.3, -0.25) is 4.90 Å². The molecule has 0 radical (unpaired) electrons.